The van der Waals surface area contributed by atoms with Crippen molar-refractivity contribution in [2.75, 3.05) is 5.75 Å². The Morgan fingerprint density at radius 2 is 1.82 bits per heavy atom. The molecule has 0 saturated heterocycles. The molecule has 11 atom stereocenters. The Labute approximate surface area is 268 Å². The van der Waals surface area contributed by atoms with Crippen LogP contribution in [0.5, 0.6) is 0 Å². The number of benzene rings is 1. The molecule has 4 aliphatic rings. The molecule has 0 bridgehead atoms. The first-order chi connectivity index (χ1) is 21.4. The monoisotopic (exact) mass is 640 g/mol. The largest absolute Gasteiger partial charge is 0.423 e. The third kappa shape index (κ3) is 5.84. The third-order valence-corrected chi connectivity index (χ3v) is 15.1. The van der Waals surface area contributed by atoms with Gasteiger partial charge >= 0.3 is 0 Å². The molecule has 9 heteroatoms. The Kier molecular flexibility index (Phi) is 9.11. The number of ketones is 1. The van der Waals surface area contributed by atoms with Gasteiger partial charge in [-0.2, -0.15) is 0 Å². The van der Waals surface area contributed by atoms with Crippen molar-refractivity contribution in [1.82, 2.24) is 10.2 Å². The summed E-state index contributed by atoms with van der Waals surface area (Å²) in [6, 6.07) is 6.30. The molecule has 0 radical (unpaired) electrons. The van der Waals surface area contributed by atoms with Crippen molar-refractivity contribution in [2.45, 2.75) is 115 Å². The summed E-state index contributed by atoms with van der Waals surface area (Å²) in [6.45, 7) is 9.50. The fourth-order valence-corrected chi connectivity index (χ4v) is 12.6. The number of fused-ring (bicyclic) bond motifs is 5. The predicted octanol–water partition coefficient (Wildman–Crippen LogP) is 6.51. The second-order valence-electron chi connectivity index (χ2n) is 15.6. The topological polar surface area (TPSA) is 131 Å². The van der Waals surface area contributed by atoms with Gasteiger partial charge in [0.15, 0.2) is 9.84 Å². The van der Waals surface area contributed by atoms with Crippen molar-refractivity contribution in [3.8, 4) is 11.5 Å². The number of aliphatic hydroxyl groups excluding tert-OH is 2. The van der Waals surface area contributed by atoms with Crippen molar-refractivity contribution in [2.24, 2.45) is 52.3 Å². The van der Waals surface area contributed by atoms with Gasteiger partial charge in [0.05, 0.1) is 17.1 Å². The number of Topliss-reactive ketones (excluding diaryl/α,β-unsaturated/α-hetero) is 1. The van der Waals surface area contributed by atoms with Gasteiger partial charge in [0.1, 0.15) is 11.5 Å². The quantitative estimate of drug-likeness (QED) is 0.301. The average molecular weight is 641 g/mol. The molecular formula is C36H52N2O6S. The standard InChI is InChI=1S/C36H52N2O6S/c1-5-27-31-19-24(39)14-16-36(31,4)30-15-17-35(3)28(12-13-29(35)32(30)33(27)41)22(2)8-6-10-25(40)20-45(42,43)26-11-7-9-23(18-26)34-38-37-21-44-34/h7,9,11,18,21-22,24,27-33,39,41H,5-6,8,10,12-17,19-20H2,1-4H3/t22-,24-,27-,28-,29+,30+,31+,32+,33-,35-,36-/m1/s1. The van der Waals surface area contributed by atoms with Crippen molar-refractivity contribution in [3.63, 3.8) is 0 Å². The van der Waals surface area contributed by atoms with Gasteiger partial charge in [-0.25, -0.2) is 8.42 Å². The van der Waals surface area contributed by atoms with Crippen LogP contribution in [-0.4, -0.2) is 52.6 Å². The van der Waals surface area contributed by atoms with Crippen molar-refractivity contribution in [3.05, 3.63) is 30.7 Å². The smallest absolute Gasteiger partial charge is 0.247 e. The summed E-state index contributed by atoms with van der Waals surface area (Å²) < 4.78 is 31.3. The van der Waals surface area contributed by atoms with Crippen LogP contribution in [0.3, 0.4) is 0 Å². The second kappa shape index (κ2) is 12.5. The lowest BCUT2D eigenvalue weighted by Gasteiger charge is -2.64. The van der Waals surface area contributed by atoms with E-state index < -0.39 is 15.6 Å². The minimum atomic E-state index is -3.78. The highest BCUT2D eigenvalue weighted by Gasteiger charge is 2.64. The highest BCUT2D eigenvalue weighted by Crippen LogP contribution is 2.69. The molecule has 2 aromatic rings. The van der Waals surface area contributed by atoms with Crippen LogP contribution in [0.25, 0.3) is 11.5 Å². The van der Waals surface area contributed by atoms with E-state index in [0.29, 0.717) is 47.5 Å². The summed E-state index contributed by atoms with van der Waals surface area (Å²) in [4.78, 5) is 13.0. The van der Waals surface area contributed by atoms with Crippen LogP contribution >= 0.6 is 0 Å². The van der Waals surface area contributed by atoms with Gasteiger partial charge in [0, 0.05) is 12.0 Å². The summed E-state index contributed by atoms with van der Waals surface area (Å²) in [6.07, 6.45) is 10.9. The van der Waals surface area contributed by atoms with E-state index in [9.17, 15) is 23.4 Å². The minimum absolute atomic E-state index is 0.0836. The Bertz CT molecular complexity index is 1460. The lowest BCUT2D eigenvalue weighted by molar-refractivity contribution is -0.203. The summed E-state index contributed by atoms with van der Waals surface area (Å²) in [5.74, 6) is 2.47. The van der Waals surface area contributed by atoms with Crippen LogP contribution in [0.15, 0.2) is 40.0 Å². The number of carbonyl (C=O) groups excluding carboxylic acids is 1. The third-order valence-electron chi connectivity index (χ3n) is 13.4. The highest BCUT2D eigenvalue weighted by atomic mass is 32.2. The van der Waals surface area contributed by atoms with Gasteiger partial charge in [-0.05, 0) is 122 Å². The van der Waals surface area contributed by atoms with Gasteiger partial charge in [-0.3, -0.25) is 4.79 Å². The van der Waals surface area contributed by atoms with E-state index in [1.165, 1.54) is 24.9 Å². The number of aliphatic hydroxyl groups is 2. The molecule has 0 spiro atoms. The highest BCUT2D eigenvalue weighted by molar-refractivity contribution is 7.92. The fraction of sp³-hybridized carbons (Fsp3) is 0.750. The zero-order valence-corrected chi connectivity index (χ0v) is 28.2. The van der Waals surface area contributed by atoms with Crippen LogP contribution < -0.4 is 0 Å². The molecular weight excluding hydrogens is 588 g/mol. The van der Waals surface area contributed by atoms with Crippen molar-refractivity contribution in [1.29, 1.82) is 0 Å². The molecule has 0 amide bonds. The van der Waals surface area contributed by atoms with Crippen LogP contribution in [0.4, 0.5) is 0 Å². The Balaban J connectivity index is 1.07. The normalized spacial score (nSPS) is 38.6. The molecule has 45 heavy (non-hydrogen) atoms. The number of nitrogens with zero attached hydrogens (tertiary/aromatic N) is 2. The zero-order chi connectivity index (χ0) is 32.1. The van der Waals surface area contributed by atoms with Crippen LogP contribution in [0.2, 0.25) is 0 Å². The van der Waals surface area contributed by atoms with E-state index in [1.54, 1.807) is 12.1 Å². The fourth-order valence-electron chi connectivity index (χ4n) is 11.2. The molecule has 1 heterocycles. The molecule has 248 valence electrons. The maximum Gasteiger partial charge on any atom is 0.247 e. The summed E-state index contributed by atoms with van der Waals surface area (Å²) in [5, 5.41) is 30.0. The molecule has 1 aromatic heterocycles. The van der Waals surface area contributed by atoms with Crippen LogP contribution in [0, 0.1) is 52.3 Å². The lowest BCUT2D eigenvalue weighted by atomic mass is 9.41. The molecule has 0 unspecified atom stereocenters. The summed E-state index contributed by atoms with van der Waals surface area (Å²) >= 11 is 0. The number of aromatic nitrogens is 2. The summed E-state index contributed by atoms with van der Waals surface area (Å²) in [5.41, 5.74) is 0.877. The molecule has 0 aliphatic heterocycles. The molecule has 2 N–H and O–H groups in total. The van der Waals surface area contributed by atoms with E-state index >= 15 is 0 Å². The second-order valence-corrected chi connectivity index (χ2v) is 17.6. The average Bonchev–Trinajstić information content (AvgIpc) is 3.66. The van der Waals surface area contributed by atoms with Crippen molar-refractivity contribution < 1.29 is 27.8 Å². The summed E-state index contributed by atoms with van der Waals surface area (Å²) in [7, 11) is -3.78. The molecule has 4 aliphatic carbocycles. The number of carbonyl (C=O) groups is 1. The predicted molar refractivity (Wildman–Crippen MR) is 172 cm³/mol. The van der Waals surface area contributed by atoms with Gasteiger partial charge in [-0.1, -0.05) is 46.6 Å². The van der Waals surface area contributed by atoms with E-state index in [4.69, 9.17) is 4.42 Å². The Hall–Kier alpha value is -2.10. The zero-order valence-electron chi connectivity index (χ0n) is 27.4. The van der Waals surface area contributed by atoms with Crippen LogP contribution in [-0.2, 0) is 14.6 Å². The first-order valence-corrected chi connectivity index (χ1v) is 19.0. The molecule has 1 aromatic carbocycles. The van der Waals surface area contributed by atoms with E-state index in [2.05, 4.69) is 37.9 Å². The Morgan fingerprint density at radius 1 is 1.07 bits per heavy atom. The van der Waals surface area contributed by atoms with Gasteiger partial charge in [0.2, 0.25) is 12.3 Å². The maximum atomic E-state index is 13.1. The van der Waals surface area contributed by atoms with Crippen molar-refractivity contribution >= 4 is 15.6 Å². The SMILES string of the molecule is CC[C@H]1[C@@H](O)[C@@H]2[C@H](CC[C@]3(C)[C@@H]([C@H](C)CCCC(=O)CS(=O)(=O)c4cccc(-c5nnco5)c4)CC[C@@H]23)[C@@]2(C)CC[C@@H](O)C[C@@H]12. The molecule has 4 saturated carbocycles. The minimum Gasteiger partial charge on any atom is -0.423 e. The van der Waals surface area contributed by atoms with E-state index in [1.807, 2.05) is 0 Å². The van der Waals surface area contributed by atoms with Crippen LogP contribution in [0.1, 0.15) is 98.3 Å². The number of sulfone groups is 1. The molecule has 4 fully saturated rings. The Morgan fingerprint density at radius 3 is 2.56 bits per heavy atom. The first-order valence-electron chi connectivity index (χ1n) is 17.4. The first kappa shape index (κ1) is 32.8. The number of rotatable bonds is 10. The molecule has 6 rings (SSSR count). The van der Waals surface area contributed by atoms with E-state index in [-0.39, 0.29) is 51.9 Å². The molecule has 8 nitrogen and oxygen atoms in total. The lowest BCUT2D eigenvalue weighted by Crippen LogP contribution is -2.62. The van der Waals surface area contributed by atoms with E-state index in [0.717, 1.165) is 51.4 Å². The number of hydrogen-bond acceptors (Lipinski definition) is 8. The van der Waals surface area contributed by atoms with Gasteiger partial charge < -0.3 is 14.6 Å². The van der Waals surface area contributed by atoms with Gasteiger partial charge in [0.25, 0.3) is 0 Å². The maximum absolute atomic E-state index is 13.1. The number of hydrogen-bond donors (Lipinski definition) is 2. The van der Waals surface area contributed by atoms with Gasteiger partial charge in [-0.15, -0.1) is 10.2 Å².